The molecule has 2 aromatic rings. The van der Waals surface area contributed by atoms with Crippen LogP contribution in [0.25, 0.3) is 0 Å². The molecule has 0 spiro atoms. The van der Waals surface area contributed by atoms with Crippen molar-refractivity contribution in [2.75, 3.05) is 27.3 Å². The second kappa shape index (κ2) is 9.57. The number of para-hydroxylation sites is 1. The maximum atomic E-state index is 11.9. The van der Waals surface area contributed by atoms with E-state index < -0.39 is 0 Å². The van der Waals surface area contributed by atoms with Crippen LogP contribution in [0.2, 0.25) is 0 Å². The summed E-state index contributed by atoms with van der Waals surface area (Å²) in [5.41, 5.74) is 2.17. The molecular weight excluding hydrogens is 304 g/mol. The third kappa shape index (κ3) is 5.59. The van der Waals surface area contributed by atoms with E-state index in [0.29, 0.717) is 13.1 Å². The van der Waals surface area contributed by atoms with Gasteiger partial charge in [-0.05, 0) is 30.2 Å². The molecule has 1 amide bonds. The van der Waals surface area contributed by atoms with Gasteiger partial charge in [-0.15, -0.1) is 0 Å². The van der Waals surface area contributed by atoms with Crippen molar-refractivity contribution in [3.05, 3.63) is 59.7 Å². The molecule has 2 aromatic carbocycles. The first-order valence-electron chi connectivity index (χ1n) is 7.95. The highest BCUT2D eigenvalue weighted by Crippen LogP contribution is 2.16. The maximum absolute atomic E-state index is 11.9. The van der Waals surface area contributed by atoms with Gasteiger partial charge in [0, 0.05) is 18.7 Å². The Morgan fingerprint density at radius 1 is 1.04 bits per heavy atom. The molecule has 0 heterocycles. The molecule has 0 aliphatic rings. The standard InChI is InChI=1S/C19H24N2O3/c1-23-17-8-5-6-15(12-17)10-11-21-19(22)14-20-13-16-7-3-4-9-18(16)24-2/h3-9,12,20H,10-11,13-14H2,1-2H3,(H,21,22). The fourth-order valence-electron chi connectivity index (χ4n) is 2.40. The zero-order valence-corrected chi connectivity index (χ0v) is 14.2. The van der Waals surface area contributed by atoms with Crippen LogP contribution in [-0.4, -0.2) is 33.2 Å². The van der Waals surface area contributed by atoms with Crippen LogP contribution in [0.15, 0.2) is 48.5 Å². The van der Waals surface area contributed by atoms with Gasteiger partial charge in [-0.2, -0.15) is 0 Å². The number of carbonyl (C=O) groups excluding carboxylic acids is 1. The van der Waals surface area contributed by atoms with E-state index in [2.05, 4.69) is 10.6 Å². The SMILES string of the molecule is COc1cccc(CCNC(=O)CNCc2ccccc2OC)c1. The first-order valence-corrected chi connectivity index (χ1v) is 7.95. The van der Waals surface area contributed by atoms with Crippen molar-refractivity contribution in [3.8, 4) is 11.5 Å². The van der Waals surface area contributed by atoms with Gasteiger partial charge in [-0.25, -0.2) is 0 Å². The molecule has 0 fully saturated rings. The van der Waals surface area contributed by atoms with Crippen LogP contribution in [0.3, 0.4) is 0 Å². The summed E-state index contributed by atoms with van der Waals surface area (Å²) in [7, 11) is 3.29. The Morgan fingerprint density at radius 2 is 1.88 bits per heavy atom. The predicted octanol–water partition coefficient (Wildman–Crippen LogP) is 2.15. The number of nitrogens with one attached hydrogen (secondary N) is 2. The summed E-state index contributed by atoms with van der Waals surface area (Å²) in [4.78, 5) is 11.9. The maximum Gasteiger partial charge on any atom is 0.233 e. The topological polar surface area (TPSA) is 59.6 Å². The summed E-state index contributed by atoms with van der Waals surface area (Å²) in [5, 5.41) is 6.04. The van der Waals surface area contributed by atoms with Gasteiger partial charge < -0.3 is 20.1 Å². The van der Waals surface area contributed by atoms with Crippen molar-refractivity contribution in [2.45, 2.75) is 13.0 Å². The Bertz CT molecular complexity index is 659. The molecule has 0 saturated carbocycles. The van der Waals surface area contributed by atoms with Crippen molar-refractivity contribution in [1.82, 2.24) is 10.6 Å². The summed E-state index contributed by atoms with van der Waals surface area (Å²) < 4.78 is 10.5. The monoisotopic (exact) mass is 328 g/mol. The van der Waals surface area contributed by atoms with E-state index in [9.17, 15) is 4.79 Å². The number of benzene rings is 2. The number of hydrogen-bond acceptors (Lipinski definition) is 4. The molecule has 2 rings (SSSR count). The minimum atomic E-state index is -0.0206. The molecule has 128 valence electrons. The van der Waals surface area contributed by atoms with Crippen molar-refractivity contribution in [2.24, 2.45) is 0 Å². The highest BCUT2D eigenvalue weighted by Gasteiger charge is 2.04. The Kier molecular flexibility index (Phi) is 7.11. The average molecular weight is 328 g/mol. The van der Waals surface area contributed by atoms with Crippen LogP contribution >= 0.6 is 0 Å². The number of carbonyl (C=O) groups is 1. The largest absolute Gasteiger partial charge is 0.497 e. The van der Waals surface area contributed by atoms with E-state index in [-0.39, 0.29) is 12.5 Å². The predicted molar refractivity (Wildman–Crippen MR) is 94.4 cm³/mol. The van der Waals surface area contributed by atoms with Gasteiger partial charge in [0.05, 0.1) is 20.8 Å². The fourth-order valence-corrected chi connectivity index (χ4v) is 2.40. The van der Waals surface area contributed by atoms with Crippen LogP contribution in [-0.2, 0) is 17.8 Å². The van der Waals surface area contributed by atoms with E-state index in [1.165, 1.54) is 0 Å². The van der Waals surface area contributed by atoms with E-state index in [0.717, 1.165) is 29.0 Å². The van der Waals surface area contributed by atoms with Crippen LogP contribution < -0.4 is 20.1 Å². The Hall–Kier alpha value is -2.53. The van der Waals surface area contributed by atoms with Crippen LogP contribution in [0, 0.1) is 0 Å². The summed E-state index contributed by atoms with van der Waals surface area (Å²) in [5.74, 6) is 1.63. The first-order chi connectivity index (χ1) is 11.7. The summed E-state index contributed by atoms with van der Waals surface area (Å²) in [6.07, 6.45) is 0.773. The van der Waals surface area contributed by atoms with Gasteiger partial charge >= 0.3 is 0 Å². The highest BCUT2D eigenvalue weighted by atomic mass is 16.5. The number of rotatable bonds is 9. The number of methoxy groups -OCH3 is 2. The molecule has 24 heavy (non-hydrogen) atoms. The Labute approximate surface area is 143 Å². The minimum Gasteiger partial charge on any atom is -0.497 e. The molecule has 0 unspecified atom stereocenters. The van der Waals surface area contributed by atoms with Crippen LogP contribution in [0.4, 0.5) is 0 Å². The van der Waals surface area contributed by atoms with Gasteiger partial charge in [0.25, 0.3) is 0 Å². The second-order valence-electron chi connectivity index (χ2n) is 5.37. The minimum absolute atomic E-state index is 0.0206. The van der Waals surface area contributed by atoms with E-state index >= 15 is 0 Å². The van der Waals surface area contributed by atoms with E-state index in [4.69, 9.17) is 9.47 Å². The summed E-state index contributed by atoms with van der Waals surface area (Å²) in [6, 6.07) is 15.6. The molecule has 0 atom stereocenters. The molecule has 5 nitrogen and oxygen atoms in total. The van der Waals surface area contributed by atoms with Gasteiger partial charge in [-0.3, -0.25) is 4.79 Å². The van der Waals surface area contributed by atoms with Crippen LogP contribution in [0.1, 0.15) is 11.1 Å². The van der Waals surface area contributed by atoms with Gasteiger partial charge in [-0.1, -0.05) is 30.3 Å². The molecule has 0 aliphatic heterocycles. The number of hydrogen-bond donors (Lipinski definition) is 2. The summed E-state index contributed by atoms with van der Waals surface area (Å²) >= 11 is 0. The van der Waals surface area contributed by atoms with Crippen molar-refractivity contribution in [1.29, 1.82) is 0 Å². The summed E-state index contributed by atoms with van der Waals surface area (Å²) in [6.45, 7) is 1.46. The fraction of sp³-hybridized carbons (Fsp3) is 0.316. The highest BCUT2D eigenvalue weighted by molar-refractivity contribution is 5.77. The molecule has 5 heteroatoms. The zero-order valence-electron chi connectivity index (χ0n) is 14.2. The lowest BCUT2D eigenvalue weighted by Crippen LogP contribution is -2.34. The number of amides is 1. The molecular formula is C19H24N2O3. The van der Waals surface area contributed by atoms with Gasteiger partial charge in [0.2, 0.25) is 5.91 Å². The molecule has 0 bridgehead atoms. The van der Waals surface area contributed by atoms with Gasteiger partial charge in [0.15, 0.2) is 0 Å². The first kappa shape index (κ1) is 17.8. The lowest BCUT2D eigenvalue weighted by atomic mass is 10.1. The lowest BCUT2D eigenvalue weighted by molar-refractivity contribution is -0.120. The van der Waals surface area contributed by atoms with Gasteiger partial charge in [0.1, 0.15) is 11.5 Å². The van der Waals surface area contributed by atoms with E-state index in [1.54, 1.807) is 14.2 Å². The van der Waals surface area contributed by atoms with Crippen LogP contribution in [0.5, 0.6) is 11.5 Å². The third-order valence-electron chi connectivity index (χ3n) is 3.66. The second-order valence-corrected chi connectivity index (χ2v) is 5.37. The molecule has 0 saturated heterocycles. The Morgan fingerprint density at radius 3 is 2.67 bits per heavy atom. The average Bonchev–Trinajstić information content (AvgIpc) is 2.62. The van der Waals surface area contributed by atoms with Crippen molar-refractivity contribution < 1.29 is 14.3 Å². The quantitative estimate of drug-likeness (QED) is 0.740. The lowest BCUT2D eigenvalue weighted by Gasteiger charge is -2.10. The molecule has 0 radical (unpaired) electrons. The molecule has 0 aromatic heterocycles. The molecule has 2 N–H and O–H groups in total. The third-order valence-corrected chi connectivity index (χ3v) is 3.66. The van der Waals surface area contributed by atoms with Crippen molar-refractivity contribution in [3.63, 3.8) is 0 Å². The number of ether oxygens (including phenoxy) is 2. The van der Waals surface area contributed by atoms with Crippen molar-refractivity contribution >= 4 is 5.91 Å². The zero-order chi connectivity index (χ0) is 17.2. The normalized spacial score (nSPS) is 10.2. The van der Waals surface area contributed by atoms with E-state index in [1.807, 2.05) is 48.5 Å². The Balaban J connectivity index is 1.68. The smallest absolute Gasteiger partial charge is 0.233 e. The molecule has 0 aliphatic carbocycles.